The highest BCUT2D eigenvalue weighted by Crippen LogP contribution is 2.46. The molecular formula is C19H39N. The van der Waals surface area contributed by atoms with E-state index in [2.05, 4.69) is 39.9 Å². The zero-order chi connectivity index (χ0) is 15.0. The molecule has 0 heterocycles. The van der Waals surface area contributed by atoms with Gasteiger partial charge in [-0.25, -0.2) is 0 Å². The van der Waals surface area contributed by atoms with Crippen LogP contribution in [0.3, 0.4) is 0 Å². The molecule has 20 heavy (non-hydrogen) atoms. The summed E-state index contributed by atoms with van der Waals surface area (Å²) in [7, 11) is 0. The van der Waals surface area contributed by atoms with Crippen molar-refractivity contribution in [1.29, 1.82) is 0 Å². The highest BCUT2D eigenvalue weighted by molar-refractivity contribution is 4.91. The first-order chi connectivity index (χ1) is 9.54. The van der Waals surface area contributed by atoms with Crippen molar-refractivity contribution >= 4 is 0 Å². The van der Waals surface area contributed by atoms with E-state index in [0.717, 1.165) is 11.8 Å². The minimum absolute atomic E-state index is 0.586. The molecule has 0 spiro atoms. The van der Waals surface area contributed by atoms with E-state index < -0.39 is 0 Å². The summed E-state index contributed by atoms with van der Waals surface area (Å²) in [5.41, 5.74) is 0.586. The van der Waals surface area contributed by atoms with Gasteiger partial charge in [0, 0.05) is 12.6 Å². The third kappa shape index (κ3) is 5.39. The fourth-order valence-electron chi connectivity index (χ4n) is 4.02. The molecule has 1 fully saturated rings. The van der Waals surface area contributed by atoms with E-state index in [1.807, 2.05) is 0 Å². The Morgan fingerprint density at radius 3 is 2.20 bits per heavy atom. The number of hydrogen-bond donors (Lipinski definition) is 1. The van der Waals surface area contributed by atoms with Crippen molar-refractivity contribution in [1.82, 2.24) is 5.32 Å². The molecule has 1 rings (SSSR count). The van der Waals surface area contributed by atoms with Crippen molar-refractivity contribution in [2.45, 2.75) is 98.4 Å². The summed E-state index contributed by atoms with van der Waals surface area (Å²) in [5, 5.41) is 3.75. The van der Waals surface area contributed by atoms with Crippen LogP contribution in [0.15, 0.2) is 0 Å². The second-order valence-electron chi connectivity index (χ2n) is 7.67. The SMILES string of the molecule is CCCCC1CCC(CNC(C)C)(C(C)CCC)CC1. The molecule has 1 N–H and O–H groups in total. The standard InChI is InChI=1S/C19H39N/c1-6-8-10-18-11-13-19(14-12-18,15-20-16(3)4)17(5)9-7-2/h16-18,20H,6-15H2,1-5H3. The summed E-state index contributed by atoms with van der Waals surface area (Å²) < 4.78 is 0. The molecule has 0 bridgehead atoms. The Morgan fingerprint density at radius 2 is 1.70 bits per heavy atom. The lowest BCUT2D eigenvalue weighted by Crippen LogP contribution is -2.44. The molecule has 0 amide bonds. The van der Waals surface area contributed by atoms with Crippen LogP contribution in [-0.2, 0) is 0 Å². The molecule has 120 valence electrons. The maximum absolute atomic E-state index is 3.75. The van der Waals surface area contributed by atoms with E-state index in [-0.39, 0.29) is 0 Å². The molecule has 1 aliphatic carbocycles. The fraction of sp³-hybridized carbons (Fsp3) is 1.00. The first kappa shape index (κ1) is 18.0. The van der Waals surface area contributed by atoms with Gasteiger partial charge < -0.3 is 5.32 Å². The van der Waals surface area contributed by atoms with Gasteiger partial charge in [-0.1, -0.05) is 66.7 Å². The average Bonchev–Trinajstić information content (AvgIpc) is 2.44. The normalized spacial score (nSPS) is 28.8. The summed E-state index contributed by atoms with van der Waals surface area (Å²) in [6.07, 6.45) is 12.9. The van der Waals surface area contributed by atoms with Gasteiger partial charge in [0.25, 0.3) is 0 Å². The van der Waals surface area contributed by atoms with Crippen molar-refractivity contribution < 1.29 is 0 Å². The number of nitrogens with one attached hydrogen (secondary N) is 1. The first-order valence-electron chi connectivity index (χ1n) is 9.27. The van der Waals surface area contributed by atoms with Crippen LogP contribution in [0.2, 0.25) is 0 Å². The van der Waals surface area contributed by atoms with Gasteiger partial charge in [-0.3, -0.25) is 0 Å². The van der Waals surface area contributed by atoms with Gasteiger partial charge in [0.2, 0.25) is 0 Å². The van der Waals surface area contributed by atoms with Crippen LogP contribution in [0, 0.1) is 17.3 Å². The third-order valence-electron chi connectivity index (χ3n) is 5.70. The van der Waals surface area contributed by atoms with Crippen LogP contribution in [0.4, 0.5) is 0 Å². The Labute approximate surface area is 128 Å². The predicted molar refractivity (Wildman–Crippen MR) is 91.1 cm³/mol. The second-order valence-corrected chi connectivity index (χ2v) is 7.67. The molecule has 0 aliphatic heterocycles. The predicted octanol–water partition coefficient (Wildman–Crippen LogP) is 5.79. The Balaban J connectivity index is 2.57. The van der Waals surface area contributed by atoms with Crippen molar-refractivity contribution in [2.24, 2.45) is 17.3 Å². The van der Waals surface area contributed by atoms with Gasteiger partial charge in [-0.05, 0) is 42.9 Å². The van der Waals surface area contributed by atoms with Gasteiger partial charge in [-0.2, -0.15) is 0 Å². The molecule has 0 radical (unpaired) electrons. The maximum Gasteiger partial charge on any atom is 0.00127 e. The Morgan fingerprint density at radius 1 is 1.05 bits per heavy atom. The first-order valence-corrected chi connectivity index (χ1v) is 9.27. The minimum atomic E-state index is 0.586. The van der Waals surface area contributed by atoms with E-state index in [1.165, 1.54) is 64.3 Å². The van der Waals surface area contributed by atoms with Crippen LogP contribution in [0.1, 0.15) is 92.4 Å². The smallest absolute Gasteiger partial charge is 0.00127 e. The Bertz CT molecular complexity index is 238. The van der Waals surface area contributed by atoms with Crippen molar-refractivity contribution in [3.63, 3.8) is 0 Å². The zero-order valence-electron chi connectivity index (χ0n) is 14.8. The Kier molecular flexibility index (Phi) is 8.17. The summed E-state index contributed by atoms with van der Waals surface area (Å²) in [6, 6.07) is 0.624. The van der Waals surface area contributed by atoms with E-state index >= 15 is 0 Å². The van der Waals surface area contributed by atoms with Gasteiger partial charge in [0.1, 0.15) is 0 Å². The largest absolute Gasteiger partial charge is 0.314 e. The zero-order valence-corrected chi connectivity index (χ0v) is 14.8. The van der Waals surface area contributed by atoms with Gasteiger partial charge in [0.15, 0.2) is 0 Å². The molecule has 0 saturated heterocycles. The van der Waals surface area contributed by atoms with Crippen LogP contribution in [0.25, 0.3) is 0 Å². The highest BCUT2D eigenvalue weighted by atomic mass is 14.9. The lowest BCUT2D eigenvalue weighted by atomic mass is 9.62. The van der Waals surface area contributed by atoms with Gasteiger partial charge in [0.05, 0.1) is 0 Å². The van der Waals surface area contributed by atoms with E-state index in [1.54, 1.807) is 0 Å². The Hall–Kier alpha value is -0.0400. The molecular weight excluding hydrogens is 242 g/mol. The van der Waals surface area contributed by atoms with Crippen molar-refractivity contribution in [3.05, 3.63) is 0 Å². The maximum atomic E-state index is 3.75. The van der Waals surface area contributed by atoms with Gasteiger partial charge in [-0.15, -0.1) is 0 Å². The second kappa shape index (κ2) is 9.07. The molecule has 1 nitrogen and oxygen atoms in total. The van der Waals surface area contributed by atoms with Crippen LogP contribution in [-0.4, -0.2) is 12.6 Å². The summed E-state index contributed by atoms with van der Waals surface area (Å²) in [6.45, 7) is 13.0. The number of unbranched alkanes of at least 4 members (excludes halogenated alkanes) is 1. The van der Waals surface area contributed by atoms with E-state index in [4.69, 9.17) is 0 Å². The molecule has 0 aromatic heterocycles. The third-order valence-corrected chi connectivity index (χ3v) is 5.70. The van der Waals surface area contributed by atoms with Crippen LogP contribution in [0.5, 0.6) is 0 Å². The van der Waals surface area contributed by atoms with E-state index in [9.17, 15) is 0 Å². The molecule has 1 saturated carbocycles. The average molecular weight is 282 g/mol. The molecule has 1 heteroatoms. The topological polar surface area (TPSA) is 12.0 Å². The van der Waals surface area contributed by atoms with E-state index in [0.29, 0.717) is 11.5 Å². The van der Waals surface area contributed by atoms with Crippen molar-refractivity contribution in [2.75, 3.05) is 6.54 Å². The molecule has 1 aliphatic rings. The molecule has 1 unspecified atom stereocenters. The lowest BCUT2D eigenvalue weighted by molar-refractivity contribution is 0.0696. The summed E-state index contributed by atoms with van der Waals surface area (Å²) in [5.74, 6) is 1.90. The van der Waals surface area contributed by atoms with Crippen LogP contribution >= 0.6 is 0 Å². The highest BCUT2D eigenvalue weighted by Gasteiger charge is 2.38. The minimum Gasteiger partial charge on any atom is -0.314 e. The summed E-state index contributed by atoms with van der Waals surface area (Å²) in [4.78, 5) is 0. The van der Waals surface area contributed by atoms with Crippen LogP contribution < -0.4 is 5.32 Å². The molecule has 1 atom stereocenters. The number of rotatable bonds is 9. The molecule has 0 aromatic carbocycles. The fourth-order valence-corrected chi connectivity index (χ4v) is 4.02. The van der Waals surface area contributed by atoms with Gasteiger partial charge >= 0.3 is 0 Å². The lowest BCUT2D eigenvalue weighted by Gasteiger charge is -2.45. The quantitative estimate of drug-likeness (QED) is 0.564. The summed E-state index contributed by atoms with van der Waals surface area (Å²) >= 11 is 0. The molecule has 0 aromatic rings. The number of hydrogen-bond acceptors (Lipinski definition) is 1. The monoisotopic (exact) mass is 281 g/mol. The van der Waals surface area contributed by atoms with Crippen molar-refractivity contribution in [3.8, 4) is 0 Å².